The number of likely N-dealkylation sites (N-methyl/N-ethyl adjacent to an activating group) is 1. The molecular weight excluding hydrogens is 302 g/mol. The van der Waals surface area contributed by atoms with Crippen LogP contribution in [-0.4, -0.2) is 54.7 Å². The number of para-hydroxylation sites is 1. The second kappa shape index (κ2) is 6.87. The van der Waals surface area contributed by atoms with Crippen molar-refractivity contribution in [2.24, 2.45) is 0 Å². The number of hydrogen-bond acceptors (Lipinski definition) is 4. The second-order valence-electron chi connectivity index (χ2n) is 6.58. The fourth-order valence-corrected chi connectivity index (χ4v) is 3.44. The van der Waals surface area contributed by atoms with E-state index in [1.54, 1.807) is 0 Å². The Hall–Kier alpha value is -1.98. The number of benzene rings is 1. The molecule has 1 aromatic carbocycles. The van der Waals surface area contributed by atoms with Crippen LogP contribution in [0.5, 0.6) is 0 Å². The number of pyridine rings is 1. The monoisotopic (exact) mass is 327 g/mol. The third-order valence-electron chi connectivity index (χ3n) is 4.56. The van der Waals surface area contributed by atoms with Crippen LogP contribution in [0.2, 0.25) is 0 Å². The molecule has 128 valence electrons. The molecular formula is C19H25N3O2. The van der Waals surface area contributed by atoms with E-state index in [1.165, 1.54) is 0 Å². The van der Waals surface area contributed by atoms with Gasteiger partial charge in [0.15, 0.2) is 0 Å². The van der Waals surface area contributed by atoms with Crippen LogP contribution < -0.4 is 5.32 Å². The zero-order valence-corrected chi connectivity index (χ0v) is 14.8. The predicted molar refractivity (Wildman–Crippen MR) is 95.4 cm³/mol. The van der Waals surface area contributed by atoms with Crippen molar-refractivity contribution in [3.05, 3.63) is 41.1 Å². The van der Waals surface area contributed by atoms with Gasteiger partial charge in [0.1, 0.15) is 0 Å². The highest BCUT2D eigenvalue weighted by atomic mass is 16.5. The topological polar surface area (TPSA) is 54.5 Å². The summed E-state index contributed by atoms with van der Waals surface area (Å²) in [7, 11) is 2.05. The number of ether oxygens (including phenoxy) is 1. The summed E-state index contributed by atoms with van der Waals surface area (Å²) < 4.78 is 5.78. The van der Waals surface area contributed by atoms with Crippen LogP contribution in [0.25, 0.3) is 10.9 Å². The molecule has 24 heavy (non-hydrogen) atoms. The highest BCUT2D eigenvalue weighted by Gasteiger charge is 2.33. The molecule has 1 aliphatic heterocycles. The van der Waals surface area contributed by atoms with Gasteiger partial charge in [0, 0.05) is 30.8 Å². The standard InChI is InChI=1S/C19H25N3O2/c1-5-24-17-11-22(4)10-16(17)21-19(23)15-9-13(3)20-18-12(2)7-6-8-14(15)18/h6-9,16-17H,5,10-11H2,1-4H3,(H,21,23)/t16-,17-/m0/s1. The fourth-order valence-electron chi connectivity index (χ4n) is 3.44. The SMILES string of the molecule is CCO[C@H]1CN(C)C[C@@H]1NC(=O)c1cc(C)nc2c(C)cccc12. The van der Waals surface area contributed by atoms with E-state index in [9.17, 15) is 4.79 Å². The molecule has 1 aromatic heterocycles. The van der Waals surface area contributed by atoms with Crippen molar-refractivity contribution in [1.82, 2.24) is 15.2 Å². The van der Waals surface area contributed by atoms with Crippen molar-refractivity contribution < 1.29 is 9.53 Å². The van der Waals surface area contributed by atoms with E-state index in [1.807, 2.05) is 52.1 Å². The van der Waals surface area contributed by atoms with Crippen molar-refractivity contribution in [3.63, 3.8) is 0 Å². The third-order valence-corrected chi connectivity index (χ3v) is 4.56. The van der Waals surface area contributed by atoms with Crippen LogP contribution in [0.3, 0.4) is 0 Å². The molecule has 0 spiro atoms. The Morgan fingerprint density at radius 2 is 2.17 bits per heavy atom. The molecule has 2 heterocycles. The van der Waals surface area contributed by atoms with Gasteiger partial charge < -0.3 is 15.0 Å². The van der Waals surface area contributed by atoms with Crippen molar-refractivity contribution in [1.29, 1.82) is 0 Å². The predicted octanol–water partition coefficient (Wildman–Crippen LogP) is 2.30. The van der Waals surface area contributed by atoms with E-state index in [-0.39, 0.29) is 18.1 Å². The Kier molecular flexibility index (Phi) is 4.83. The van der Waals surface area contributed by atoms with Crippen molar-refractivity contribution in [2.75, 3.05) is 26.7 Å². The number of rotatable bonds is 4. The molecule has 0 saturated carbocycles. The average molecular weight is 327 g/mol. The van der Waals surface area contributed by atoms with E-state index in [4.69, 9.17) is 4.74 Å². The quantitative estimate of drug-likeness (QED) is 0.936. The number of aryl methyl sites for hydroxylation is 2. The van der Waals surface area contributed by atoms with Crippen molar-refractivity contribution in [3.8, 4) is 0 Å². The lowest BCUT2D eigenvalue weighted by atomic mass is 10.0. The van der Waals surface area contributed by atoms with Gasteiger partial charge in [-0.05, 0) is 39.4 Å². The average Bonchev–Trinajstić information content (AvgIpc) is 2.87. The van der Waals surface area contributed by atoms with Gasteiger partial charge in [-0.2, -0.15) is 0 Å². The summed E-state index contributed by atoms with van der Waals surface area (Å²) in [6.07, 6.45) is 0.0416. The minimum Gasteiger partial charge on any atom is -0.375 e. The molecule has 2 atom stereocenters. The number of fused-ring (bicyclic) bond motifs is 1. The number of likely N-dealkylation sites (tertiary alicyclic amines) is 1. The summed E-state index contributed by atoms with van der Waals surface area (Å²) in [5.41, 5.74) is 3.52. The van der Waals surface area contributed by atoms with Crippen LogP contribution in [0.4, 0.5) is 0 Å². The first kappa shape index (κ1) is 16.9. The normalized spacial score (nSPS) is 21.3. The number of aromatic nitrogens is 1. The Morgan fingerprint density at radius 1 is 1.38 bits per heavy atom. The summed E-state index contributed by atoms with van der Waals surface area (Å²) in [6.45, 7) is 8.23. The molecule has 2 aromatic rings. The molecule has 1 fully saturated rings. The van der Waals surface area contributed by atoms with Crippen molar-refractivity contribution in [2.45, 2.75) is 32.9 Å². The zero-order valence-electron chi connectivity index (χ0n) is 14.8. The number of nitrogens with one attached hydrogen (secondary N) is 1. The number of amides is 1. The third kappa shape index (κ3) is 3.28. The largest absolute Gasteiger partial charge is 0.375 e. The van der Waals surface area contributed by atoms with Crippen LogP contribution >= 0.6 is 0 Å². The summed E-state index contributed by atoms with van der Waals surface area (Å²) in [4.78, 5) is 19.7. The lowest BCUT2D eigenvalue weighted by molar-refractivity contribution is 0.0513. The Labute approximate surface area is 143 Å². The number of nitrogens with zero attached hydrogens (tertiary/aromatic N) is 2. The van der Waals surface area contributed by atoms with Gasteiger partial charge in [-0.3, -0.25) is 9.78 Å². The number of carbonyl (C=O) groups is 1. The molecule has 3 rings (SSSR count). The first-order valence-electron chi connectivity index (χ1n) is 8.47. The molecule has 1 N–H and O–H groups in total. The van der Waals surface area contributed by atoms with Crippen LogP contribution in [0.15, 0.2) is 24.3 Å². The van der Waals surface area contributed by atoms with Crippen LogP contribution in [0.1, 0.15) is 28.5 Å². The maximum absolute atomic E-state index is 12.9. The van der Waals surface area contributed by atoms with E-state index in [0.717, 1.165) is 35.2 Å². The lowest BCUT2D eigenvalue weighted by Gasteiger charge is -2.20. The Bertz CT molecular complexity index is 760. The number of hydrogen-bond donors (Lipinski definition) is 1. The lowest BCUT2D eigenvalue weighted by Crippen LogP contribution is -2.44. The number of carbonyl (C=O) groups excluding carboxylic acids is 1. The van der Waals surface area contributed by atoms with Crippen molar-refractivity contribution >= 4 is 16.8 Å². The molecule has 0 bridgehead atoms. The summed E-state index contributed by atoms with van der Waals surface area (Å²) in [5.74, 6) is -0.0545. The highest BCUT2D eigenvalue weighted by molar-refractivity contribution is 6.06. The minimum atomic E-state index is -0.0545. The van der Waals surface area contributed by atoms with Crippen LogP contribution in [-0.2, 0) is 4.74 Å². The van der Waals surface area contributed by atoms with E-state index < -0.39 is 0 Å². The van der Waals surface area contributed by atoms with E-state index >= 15 is 0 Å². The molecule has 0 unspecified atom stereocenters. The van der Waals surface area contributed by atoms with Crippen LogP contribution in [0, 0.1) is 13.8 Å². The van der Waals surface area contributed by atoms with Gasteiger partial charge in [0.2, 0.25) is 0 Å². The molecule has 5 heteroatoms. The van der Waals surface area contributed by atoms with Gasteiger partial charge in [-0.25, -0.2) is 0 Å². The first-order chi connectivity index (χ1) is 11.5. The van der Waals surface area contributed by atoms with E-state index in [2.05, 4.69) is 15.2 Å². The highest BCUT2D eigenvalue weighted by Crippen LogP contribution is 2.22. The van der Waals surface area contributed by atoms with Gasteiger partial charge in [-0.15, -0.1) is 0 Å². The van der Waals surface area contributed by atoms with E-state index in [0.29, 0.717) is 12.2 Å². The van der Waals surface area contributed by atoms with Gasteiger partial charge in [-0.1, -0.05) is 18.2 Å². The van der Waals surface area contributed by atoms with Gasteiger partial charge in [0.25, 0.3) is 5.91 Å². The molecule has 1 aliphatic rings. The molecule has 0 radical (unpaired) electrons. The fraction of sp³-hybridized carbons (Fsp3) is 0.474. The molecule has 1 saturated heterocycles. The minimum absolute atomic E-state index is 0.00998. The summed E-state index contributed by atoms with van der Waals surface area (Å²) >= 11 is 0. The molecule has 1 amide bonds. The Morgan fingerprint density at radius 3 is 2.92 bits per heavy atom. The molecule has 0 aliphatic carbocycles. The molecule has 5 nitrogen and oxygen atoms in total. The smallest absolute Gasteiger partial charge is 0.252 e. The zero-order chi connectivity index (χ0) is 17.3. The Balaban J connectivity index is 1.90. The summed E-state index contributed by atoms with van der Waals surface area (Å²) in [5, 5.41) is 4.07. The maximum Gasteiger partial charge on any atom is 0.252 e. The summed E-state index contributed by atoms with van der Waals surface area (Å²) in [6, 6.07) is 7.83. The van der Waals surface area contributed by atoms with Gasteiger partial charge in [0.05, 0.1) is 23.2 Å². The van der Waals surface area contributed by atoms with Gasteiger partial charge >= 0.3 is 0 Å². The first-order valence-corrected chi connectivity index (χ1v) is 8.47. The second-order valence-corrected chi connectivity index (χ2v) is 6.58. The maximum atomic E-state index is 12.9.